The highest BCUT2D eigenvalue weighted by atomic mass is 16.5. The van der Waals surface area contributed by atoms with Crippen molar-refractivity contribution in [3.63, 3.8) is 0 Å². The molecule has 1 aliphatic heterocycles. The van der Waals surface area contributed by atoms with Gasteiger partial charge in [0.1, 0.15) is 22.8 Å². The van der Waals surface area contributed by atoms with Crippen molar-refractivity contribution in [1.82, 2.24) is 10.2 Å². The highest BCUT2D eigenvalue weighted by Gasteiger charge is 2.43. The Bertz CT molecular complexity index is 1530. The fraction of sp³-hybridized carbons (Fsp3) is 0.488. The van der Waals surface area contributed by atoms with Crippen LogP contribution < -0.4 is 19.5 Å². The molecule has 2 aliphatic carbocycles. The number of hydrogen-bond donors (Lipinski definition) is 2. The molecule has 0 spiro atoms. The minimum atomic E-state index is -1.03. The lowest BCUT2D eigenvalue weighted by Crippen LogP contribution is -2.48. The van der Waals surface area contributed by atoms with Gasteiger partial charge in [-0.1, -0.05) is 55.0 Å². The number of likely N-dealkylation sites (tertiary alicyclic amines) is 1. The van der Waals surface area contributed by atoms with E-state index < -0.39 is 11.0 Å². The van der Waals surface area contributed by atoms with E-state index in [2.05, 4.69) is 17.5 Å². The predicted molar refractivity (Wildman–Crippen MR) is 200 cm³/mol. The first-order valence-corrected chi connectivity index (χ1v) is 18.8. The van der Waals surface area contributed by atoms with E-state index in [9.17, 15) is 14.7 Å². The summed E-state index contributed by atoms with van der Waals surface area (Å²) in [4.78, 5) is 27.8. The van der Waals surface area contributed by atoms with Crippen LogP contribution in [0.1, 0.15) is 68.1 Å². The number of nitrogens with zero attached hydrogens (tertiary/aromatic N) is 1. The molecule has 9 nitrogen and oxygen atoms in total. The quantitative estimate of drug-likeness (QED) is 0.0935. The molecule has 2 fully saturated rings. The van der Waals surface area contributed by atoms with Crippen LogP contribution in [0.5, 0.6) is 17.2 Å². The first-order valence-electron chi connectivity index (χ1n) is 18.8. The molecule has 3 atom stereocenters. The maximum atomic E-state index is 13.2. The summed E-state index contributed by atoms with van der Waals surface area (Å²) in [5.41, 5.74) is 1.16. The van der Waals surface area contributed by atoms with Crippen LogP contribution in [0.15, 0.2) is 84.9 Å². The minimum Gasteiger partial charge on any atom is -0.497 e. The highest BCUT2D eigenvalue weighted by Crippen LogP contribution is 2.45. The third-order valence-electron chi connectivity index (χ3n) is 11.6. The molecular weight excluding hydrogens is 656 g/mol. The Morgan fingerprint density at radius 1 is 0.769 bits per heavy atom. The molecule has 278 valence electrons. The molecule has 1 saturated heterocycles. The topological polar surface area (TPSA) is 107 Å². The van der Waals surface area contributed by atoms with Crippen molar-refractivity contribution >= 4 is 11.8 Å². The summed E-state index contributed by atoms with van der Waals surface area (Å²) in [7, 11) is 4.94. The van der Waals surface area contributed by atoms with Crippen LogP contribution in [0.4, 0.5) is 0 Å². The van der Waals surface area contributed by atoms with Crippen LogP contribution >= 0.6 is 0 Å². The van der Waals surface area contributed by atoms with Crippen molar-refractivity contribution in [1.29, 1.82) is 0 Å². The Hall–Kier alpha value is -4.34. The van der Waals surface area contributed by atoms with E-state index in [0.717, 1.165) is 66.0 Å². The Morgan fingerprint density at radius 2 is 1.31 bits per heavy atom. The second-order valence-corrected chi connectivity index (χ2v) is 14.7. The number of hydrogen-bond acceptors (Lipinski definition) is 7. The number of benzene rings is 3. The number of carbonyl (C=O) groups is 2. The minimum absolute atomic E-state index is 0.0524. The summed E-state index contributed by atoms with van der Waals surface area (Å²) in [5.74, 6) is 3.69. The Kier molecular flexibility index (Phi) is 12.2. The smallest absolute Gasteiger partial charge is 0.223 e. The molecule has 2 amide bonds. The standard InChI is InChI=1S/C43H54N2O7/c1-49-36-16-10-33(11-17-36)43(34-12-18-37(50-2)19-13-34,35-14-20-38(51-3)21-15-35)52-30-42(29-46)22-25-45(26-23-42)40(47)7-5-4-6-24-44-41(48)39-28-31-8-9-32(39)27-31/h8-21,31-32,39,46H,4-7,22-30H2,1-3H3,(H,44,48). The summed E-state index contributed by atoms with van der Waals surface area (Å²) in [5, 5.41) is 14.0. The van der Waals surface area contributed by atoms with Gasteiger partial charge < -0.3 is 34.3 Å². The van der Waals surface area contributed by atoms with Gasteiger partial charge in [-0.15, -0.1) is 0 Å². The number of ether oxygens (including phenoxy) is 4. The summed E-state index contributed by atoms with van der Waals surface area (Å²) >= 11 is 0. The number of methoxy groups -OCH3 is 3. The number of nitrogens with one attached hydrogen (secondary N) is 1. The second-order valence-electron chi connectivity index (χ2n) is 14.7. The molecule has 1 saturated carbocycles. The summed E-state index contributed by atoms with van der Waals surface area (Å²) < 4.78 is 23.7. The van der Waals surface area contributed by atoms with Crippen molar-refractivity contribution < 1.29 is 33.6 Å². The molecule has 0 radical (unpaired) electrons. The normalized spacial score (nSPS) is 20.5. The molecule has 1 heterocycles. The largest absolute Gasteiger partial charge is 0.497 e. The average molecular weight is 711 g/mol. The molecule has 6 rings (SSSR count). The summed E-state index contributed by atoms with van der Waals surface area (Å²) in [6.45, 7) is 2.02. The number of carbonyl (C=O) groups excluding carboxylic acids is 2. The van der Waals surface area contributed by atoms with Gasteiger partial charge in [-0.3, -0.25) is 9.59 Å². The van der Waals surface area contributed by atoms with Gasteiger partial charge in [0.15, 0.2) is 0 Å². The summed E-state index contributed by atoms with van der Waals surface area (Å²) in [6.07, 6.45) is 10.9. The van der Waals surface area contributed by atoms with E-state index in [0.29, 0.717) is 50.7 Å². The number of allylic oxidation sites excluding steroid dienone is 2. The number of amides is 2. The Labute approximate surface area is 308 Å². The first-order chi connectivity index (χ1) is 25.3. The van der Waals surface area contributed by atoms with Crippen LogP contribution in [-0.4, -0.2) is 76.0 Å². The van der Waals surface area contributed by atoms with Gasteiger partial charge in [-0.25, -0.2) is 0 Å². The predicted octanol–water partition coefficient (Wildman–Crippen LogP) is 6.51. The highest BCUT2D eigenvalue weighted by molar-refractivity contribution is 5.80. The van der Waals surface area contributed by atoms with Crippen molar-refractivity contribution in [2.24, 2.45) is 23.2 Å². The SMILES string of the molecule is COc1ccc(C(OCC2(CO)CCN(C(=O)CCCCCNC(=O)C3CC4C=CC3C4)CC2)(c2ccc(OC)cc2)c2ccc(OC)cc2)cc1. The zero-order valence-electron chi connectivity index (χ0n) is 30.9. The van der Waals surface area contributed by atoms with E-state index in [1.807, 2.05) is 77.7 Å². The van der Waals surface area contributed by atoms with Crippen molar-refractivity contribution in [2.75, 3.05) is 54.2 Å². The van der Waals surface area contributed by atoms with Gasteiger partial charge in [0.05, 0.1) is 34.5 Å². The van der Waals surface area contributed by atoms with E-state index in [4.69, 9.17) is 18.9 Å². The summed E-state index contributed by atoms with van der Waals surface area (Å²) in [6, 6.07) is 23.7. The lowest BCUT2D eigenvalue weighted by atomic mass is 9.77. The molecule has 52 heavy (non-hydrogen) atoms. The number of aliphatic hydroxyl groups is 1. The van der Waals surface area contributed by atoms with Gasteiger partial charge >= 0.3 is 0 Å². The average Bonchev–Trinajstić information content (AvgIpc) is 3.85. The fourth-order valence-corrected chi connectivity index (χ4v) is 8.23. The third-order valence-corrected chi connectivity index (χ3v) is 11.6. The van der Waals surface area contributed by atoms with E-state index in [-0.39, 0.29) is 30.9 Å². The van der Waals surface area contributed by atoms with Crippen molar-refractivity contribution in [3.8, 4) is 17.2 Å². The van der Waals surface area contributed by atoms with E-state index in [1.165, 1.54) is 0 Å². The van der Waals surface area contributed by atoms with Crippen LogP contribution in [0.2, 0.25) is 0 Å². The lowest BCUT2D eigenvalue weighted by molar-refractivity contribution is -0.137. The van der Waals surface area contributed by atoms with Crippen molar-refractivity contribution in [2.45, 2.75) is 57.0 Å². The number of piperidine rings is 1. The van der Waals surface area contributed by atoms with Gasteiger partial charge in [0, 0.05) is 37.4 Å². The fourth-order valence-electron chi connectivity index (χ4n) is 8.23. The maximum absolute atomic E-state index is 13.2. The van der Waals surface area contributed by atoms with E-state index >= 15 is 0 Å². The molecule has 3 aromatic rings. The number of fused-ring (bicyclic) bond motifs is 2. The van der Waals surface area contributed by atoms with Gasteiger partial charge in [-0.2, -0.15) is 0 Å². The molecule has 3 aliphatic rings. The van der Waals surface area contributed by atoms with Gasteiger partial charge in [-0.05, 0) is 103 Å². The van der Waals surface area contributed by atoms with Crippen LogP contribution in [0.3, 0.4) is 0 Å². The first kappa shape index (κ1) is 37.4. The molecule has 3 unspecified atom stereocenters. The number of rotatable bonds is 17. The molecule has 9 heteroatoms. The van der Waals surface area contributed by atoms with Crippen LogP contribution in [-0.2, 0) is 19.9 Å². The lowest BCUT2D eigenvalue weighted by Gasteiger charge is -2.44. The molecule has 3 aromatic carbocycles. The molecule has 2 N–H and O–H groups in total. The Morgan fingerprint density at radius 3 is 1.75 bits per heavy atom. The molecular formula is C43H54N2O7. The zero-order chi connectivity index (χ0) is 36.6. The third kappa shape index (κ3) is 8.16. The number of unbranched alkanes of at least 4 members (excludes halogenated alkanes) is 2. The Balaban J connectivity index is 1.09. The number of aliphatic hydroxyl groups excluding tert-OH is 1. The van der Waals surface area contributed by atoms with E-state index in [1.54, 1.807) is 21.3 Å². The van der Waals surface area contributed by atoms with Crippen LogP contribution in [0.25, 0.3) is 0 Å². The van der Waals surface area contributed by atoms with Gasteiger partial charge in [0.25, 0.3) is 0 Å². The second kappa shape index (κ2) is 17.0. The monoisotopic (exact) mass is 710 g/mol. The van der Waals surface area contributed by atoms with Gasteiger partial charge in [0.2, 0.25) is 11.8 Å². The molecule has 2 bridgehead atoms. The zero-order valence-corrected chi connectivity index (χ0v) is 30.9. The van der Waals surface area contributed by atoms with Crippen molar-refractivity contribution in [3.05, 3.63) is 102 Å². The maximum Gasteiger partial charge on any atom is 0.223 e. The van der Waals surface area contributed by atoms with Crippen LogP contribution in [0, 0.1) is 23.2 Å². The molecule has 0 aromatic heterocycles.